The minimum atomic E-state index is -3.64. The number of hydrogen-bond acceptors (Lipinski definition) is 5. The van der Waals surface area contributed by atoms with E-state index in [9.17, 15) is 8.42 Å². The van der Waals surface area contributed by atoms with Crippen LogP contribution in [0.5, 0.6) is 0 Å². The normalized spacial score (nSPS) is 11.5. The molecule has 102 valence electrons. The Morgan fingerprint density at radius 3 is 2.47 bits per heavy atom. The standard InChI is InChI=1S/C12H15N3O2S2/c1-7-4-10(5-11(13)9(7)3)19(16,17)15-12-14-6-8(2)18-12/h4-6H,13H2,1-3H3,(H,14,15). The van der Waals surface area contributed by atoms with E-state index in [0.717, 1.165) is 16.0 Å². The molecule has 1 heterocycles. The topological polar surface area (TPSA) is 85.1 Å². The zero-order valence-electron chi connectivity index (χ0n) is 10.9. The van der Waals surface area contributed by atoms with Gasteiger partial charge in [-0.3, -0.25) is 4.72 Å². The smallest absolute Gasteiger partial charge is 0.263 e. The lowest BCUT2D eigenvalue weighted by molar-refractivity contribution is 0.601. The summed E-state index contributed by atoms with van der Waals surface area (Å²) in [5, 5.41) is 0.356. The number of hydrogen-bond donors (Lipinski definition) is 2. The third-order valence-electron chi connectivity index (χ3n) is 2.83. The van der Waals surface area contributed by atoms with Crippen LogP contribution >= 0.6 is 11.3 Å². The Morgan fingerprint density at radius 2 is 1.95 bits per heavy atom. The van der Waals surface area contributed by atoms with Gasteiger partial charge in [-0.2, -0.15) is 0 Å². The summed E-state index contributed by atoms with van der Waals surface area (Å²) >= 11 is 1.29. The maximum absolute atomic E-state index is 12.2. The number of benzene rings is 1. The number of thiazole rings is 1. The van der Waals surface area contributed by atoms with Crippen LogP contribution in [0.25, 0.3) is 0 Å². The first-order valence-electron chi connectivity index (χ1n) is 5.61. The molecular weight excluding hydrogens is 282 g/mol. The molecule has 3 N–H and O–H groups in total. The highest BCUT2D eigenvalue weighted by molar-refractivity contribution is 7.93. The Bertz CT molecular complexity index is 697. The van der Waals surface area contributed by atoms with Crippen LogP contribution < -0.4 is 10.5 Å². The van der Waals surface area contributed by atoms with Gasteiger partial charge in [0.05, 0.1) is 4.90 Å². The monoisotopic (exact) mass is 297 g/mol. The molecule has 0 saturated carbocycles. The molecule has 0 atom stereocenters. The number of nitrogens with one attached hydrogen (secondary N) is 1. The molecule has 0 fully saturated rings. The predicted octanol–water partition coefficient (Wildman–Crippen LogP) is 2.45. The third-order valence-corrected chi connectivity index (χ3v) is 5.11. The van der Waals surface area contributed by atoms with Crippen LogP contribution in [0.4, 0.5) is 10.8 Å². The largest absolute Gasteiger partial charge is 0.398 e. The lowest BCUT2D eigenvalue weighted by atomic mass is 10.1. The minimum absolute atomic E-state index is 0.154. The lowest BCUT2D eigenvalue weighted by Crippen LogP contribution is -2.13. The van der Waals surface area contributed by atoms with E-state index < -0.39 is 10.0 Å². The molecule has 0 unspecified atom stereocenters. The number of nitrogens with two attached hydrogens (primary N) is 1. The summed E-state index contributed by atoms with van der Waals surface area (Å²) < 4.78 is 26.9. The molecule has 1 aromatic carbocycles. The summed E-state index contributed by atoms with van der Waals surface area (Å²) in [7, 11) is -3.64. The van der Waals surface area contributed by atoms with Gasteiger partial charge in [-0.1, -0.05) is 0 Å². The van der Waals surface area contributed by atoms with Crippen molar-refractivity contribution in [1.82, 2.24) is 4.98 Å². The highest BCUT2D eigenvalue weighted by atomic mass is 32.2. The molecule has 0 bridgehead atoms. The van der Waals surface area contributed by atoms with E-state index in [0.29, 0.717) is 10.8 Å². The zero-order valence-corrected chi connectivity index (χ0v) is 12.5. The van der Waals surface area contributed by atoms with E-state index in [-0.39, 0.29) is 4.90 Å². The second kappa shape index (κ2) is 4.82. The van der Waals surface area contributed by atoms with Gasteiger partial charge in [0.2, 0.25) is 0 Å². The minimum Gasteiger partial charge on any atom is -0.398 e. The van der Waals surface area contributed by atoms with Crippen LogP contribution in [0.2, 0.25) is 0 Å². The molecule has 19 heavy (non-hydrogen) atoms. The van der Waals surface area contributed by atoms with E-state index in [4.69, 9.17) is 5.73 Å². The summed E-state index contributed by atoms with van der Waals surface area (Å²) in [6.07, 6.45) is 1.62. The number of rotatable bonds is 3. The fraction of sp³-hybridized carbons (Fsp3) is 0.250. The van der Waals surface area contributed by atoms with E-state index in [1.165, 1.54) is 17.4 Å². The highest BCUT2D eigenvalue weighted by Crippen LogP contribution is 2.25. The van der Waals surface area contributed by atoms with Crippen molar-refractivity contribution in [3.8, 4) is 0 Å². The van der Waals surface area contributed by atoms with Gasteiger partial charge >= 0.3 is 0 Å². The molecule has 0 radical (unpaired) electrons. The number of anilines is 2. The van der Waals surface area contributed by atoms with Crippen molar-refractivity contribution in [2.45, 2.75) is 25.7 Å². The molecule has 0 amide bonds. The van der Waals surface area contributed by atoms with Gasteiger partial charge in [0.25, 0.3) is 10.0 Å². The second-order valence-electron chi connectivity index (χ2n) is 4.34. The number of aromatic nitrogens is 1. The first kappa shape index (κ1) is 13.8. The summed E-state index contributed by atoms with van der Waals surface area (Å²) in [4.78, 5) is 5.08. The van der Waals surface area contributed by atoms with Gasteiger partial charge in [-0.15, -0.1) is 11.3 Å². The maximum Gasteiger partial charge on any atom is 0.263 e. The van der Waals surface area contributed by atoms with Gasteiger partial charge in [-0.05, 0) is 44.0 Å². The number of nitrogens with zero attached hydrogens (tertiary/aromatic N) is 1. The molecule has 7 heteroatoms. The number of nitrogen functional groups attached to an aromatic ring is 1. The molecule has 5 nitrogen and oxygen atoms in total. The molecule has 0 aliphatic carbocycles. The average Bonchev–Trinajstić information content (AvgIpc) is 2.70. The number of aryl methyl sites for hydroxylation is 2. The van der Waals surface area contributed by atoms with Crippen molar-refractivity contribution in [1.29, 1.82) is 0 Å². The Morgan fingerprint density at radius 1 is 1.26 bits per heavy atom. The molecule has 0 aliphatic rings. The van der Waals surface area contributed by atoms with Gasteiger partial charge in [0.1, 0.15) is 0 Å². The van der Waals surface area contributed by atoms with E-state index in [1.54, 1.807) is 12.3 Å². The molecule has 0 aliphatic heterocycles. The summed E-state index contributed by atoms with van der Waals surface area (Å²) in [5.74, 6) is 0. The Kier molecular flexibility index (Phi) is 3.51. The van der Waals surface area contributed by atoms with Gasteiger partial charge < -0.3 is 5.73 Å². The fourth-order valence-electron chi connectivity index (χ4n) is 1.58. The van der Waals surface area contributed by atoms with Crippen molar-refractivity contribution >= 4 is 32.2 Å². The number of sulfonamides is 1. The Hall–Kier alpha value is -1.60. The quantitative estimate of drug-likeness (QED) is 0.852. The van der Waals surface area contributed by atoms with Crippen LogP contribution in [-0.4, -0.2) is 13.4 Å². The van der Waals surface area contributed by atoms with Crippen LogP contribution in [0.1, 0.15) is 16.0 Å². The predicted molar refractivity (Wildman–Crippen MR) is 78.0 cm³/mol. The van der Waals surface area contributed by atoms with Crippen molar-refractivity contribution in [2.75, 3.05) is 10.5 Å². The van der Waals surface area contributed by atoms with Crippen LogP contribution in [0.3, 0.4) is 0 Å². The van der Waals surface area contributed by atoms with E-state index in [2.05, 4.69) is 9.71 Å². The fourth-order valence-corrected chi connectivity index (χ4v) is 3.61. The van der Waals surface area contributed by atoms with Crippen LogP contribution in [0, 0.1) is 20.8 Å². The first-order chi connectivity index (χ1) is 8.79. The molecule has 0 saturated heterocycles. The van der Waals surface area contributed by atoms with Gasteiger partial charge in [0.15, 0.2) is 5.13 Å². The summed E-state index contributed by atoms with van der Waals surface area (Å²) in [6, 6.07) is 3.07. The van der Waals surface area contributed by atoms with Crippen LogP contribution in [-0.2, 0) is 10.0 Å². The molecule has 1 aromatic heterocycles. The van der Waals surface area contributed by atoms with Crippen molar-refractivity contribution in [3.63, 3.8) is 0 Å². The van der Waals surface area contributed by atoms with Crippen LogP contribution in [0.15, 0.2) is 23.2 Å². The third kappa shape index (κ3) is 2.87. The molecule has 2 rings (SSSR count). The van der Waals surface area contributed by atoms with Gasteiger partial charge in [0, 0.05) is 16.8 Å². The molecule has 2 aromatic rings. The molecular formula is C12H15N3O2S2. The average molecular weight is 297 g/mol. The first-order valence-corrected chi connectivity index (χ1v) is 7.91. The highest BCUT2D eigenvalue weighted by Gasteiger charge is 2.17. The van der Waals surface area contributed by atoms with Gasteiger partial charge in [-0.25, -0.2) is 13.4 Å². The van der Waals surface area contributed by atoms with E-state index in [1.807, 2.05) is 20.8 Å². The van der Waals surface area contributed by atoms with Crippen molar-refractivity contribution < 1.29 is 8.42 Å². The Balaban J connectivity index is 2.40. The second-order valence-corrected chi connectivity index (χ2v) is 7.25. The lowest BCUT2D eigenvalue weighted by Gasteiger charge is -2.10. The SMILES string of the molecule is Cc1cnc(NS(=O)(=O)c2cc(C)c(C)c(N)c2)s1. The summed E-state index contributed by atoms with van der Waals surface area (Å²) in [6.45, 7) is 5.56. The zero-order chi connectivity index (χ0) is 14.2. The maximum atomic E-state index is 12.2. The van der Waals surface area contributed by atoms with E-state index >= 15 is 0 Å². The summed E-state index contributed by atoms with van der Waals surface area (Å²) in [5.41, 5.74) is 8.01. The van der Waals surface area contributed by atoms with Crippen molar-refractivity contribution in [3.05, 3.63) is 34.3 Å². The molecule has 0 spiro atoms. The van der Waals surface area contributed by atoms with Crippen molar-refractivity contribution in [2.24, 2.45) is 0 Å². The Labute approximate surface area is 116 Å².